The van der Waals surface area contributed by atoms with E-state index < -0.39 is 29.6 Å². The number of carbonyl (C=O) groups is 3. The van der Waals surface area contributed by atoms with Crippen molar-refractivity contribution in [2.24, 2.45) is 5.92 Å². The van der Waals surface area contributed by atoms with Gasteiger partial charge in [0, 0.05) is 25.6 Å². The van der Waals surface area contributed by atoms with Crippen molar-refractivity contribution in [2.45, 2.75) is 49.7 Å². The summed E-state index contributed by atoms with van der Waals surface area (Å²) in [5.74, 6) is -1.71. The normalized spacial score (nSPS) is 20.9. The van der Waals surface area contributed by atoms with E-state index in [-0.39, 0.29) is 25.0 Å². The molecule has 1 saturated carbocycles. The molecule has 2 unspecified atom stereocenters. The second kappa shape index (κ2) is 11.4. The maximum atomic E-state index is 13.8. The van der Waals surface area contributed by atoms with Gasteiger partial charge >= 0.3 is 12.1 Å². The van der Waals surface area contributed by atoms with Crippen LogP contribution in [0.4, 0.5) is 4.79 Å². The lowest BCUT2D eigenvalue weighted by Crippen LogP contribution is -2.63. The fourth-order valence-corrected chi connectivity index (χ4v) is 6.47. The third-order valence-corrected chi connectivity index (χ3v) is 8.89. The van der Waals surface area contributed by atoms with E-state index in [1.54, 1.807) is 0 Å². The second-order valence-electron chi connectivity index (χ2n) is 11.5. The number of fused-ring (bicyclic) bond motifs is 3. The van der Waals surface area contributed by atoms with E-state index in [0.29, 0.717) is 19.5 Å². The van der Waals surface area contributed by atoms with E-state index in [1.165, 1.54) is 0 Å². The van der Waals surface area contributed by atoms with Crippen LogP contribution >= 0.6 is 0 Å². The number of amides is 2. The van der Waals surface area contributed by atoms with E-state index in [4.69, 9.17) is 4.74 Å². The number of aliphatic carboxylic acids is 1. The van der Waals surface area contributed by atoms with Crippen molar-refractivity contribution in [3.63, 3.8) is 0 Å². The van der Waals surface area contributed by atoms with Crippen molar-refractivity contribution in [2.75, 3.05) is 19.7 Å². The first-order chi connectivity index (χ1) is 19.9. The fourth-order valence-electron chi connectivity index (χ4n) is 6.47. The molecule has 1 aliphatic heterocycles. The molecule has 3 aromatic carbocycles. The van der Waals surface area contributed by atoms with Gasteiger partial charge in [0.15, 0.2) is 0 Å². The quantitative estimate of drug-likeness (QED) is 0.359. The first-order valence-electron chi connectivity index (χ1n) is 14.4. The van der Waals surface area contributed by atoms with Crippen molar-refractivity contribution in [1.29, 1.82) is 0 Å². The van der Waals surface area contributed by atoms with Gasteiger partial charge < -0.3 is 20.5 Å². The number of hydrogen-bond donors (Lipinski definition) is 3. The maximum Gasteiger partial charge on any atom is 0.408 e. The summed E-state index contributed by atoms with van der Waals surface area (Å²) in [4.78, 5) is 41.2. The van der Waals surface area contributed by atoms with E-state index in [1.807, 2.05) is 54.6 Å². The molecule has 41 heavy (non-hydrogen) atoms. The molecule has 0 spiro atoms. The van der Waals surface area contributed by atoms with E-state index in [9.17, 15) is 19.5 Å². The number of nitrogens with one attached hydrogen (secondary N) is 2. The van der Waals surface area contributed by atoms with Crippen molar-refractivity contribution in [3.8, 4) is 11.1 Å². The molecule has 212 valence electrons. The molecule has 1 saturated heterocycles. The summed E-state index contributed by atoms with van der Waals surface area (Å²) in [7, 11) is 0. The van der Waals surface area contributed by atoms with Gasteiger partial charge in [0.1, 0.15) is 18.2 Å². The summed E-state index contributed by atoms with van der Waals surface area (Å²) in [6.45, 7) is 1.58. The van der Waals surface area contributed by atoms with Crippen molar-refractivity contribution in [3.05, 3.63) is 95.6 Å². The van der Waals surface area contributed by atoms with Crippen LogP contribution in [0.2, 0.25) is 0 Å². The first kappa shape index (κ1) is 27.0. The van der Waals surface area contributed by atoms with Crippen LogP contribution in [0.1, 0.15) is 48.3 Å². The molecule has 0 radical (unpaired) electrons. The maximum absolute atomic E-state index is 13.8. The molecule has 0 bridgehead atoms. The number of nitrogens with zero attached hydrogens (tertiary/aromatic N) is 1. The van der Waals surface area contributed by atoms with Crippen molar-refractivity contribution >= 4 is 18.0 Å². The Morgan fingerprint density at radius 3 is 2.17 bits per heavy atom. The Kier molecular flexibility index (Phi) is 7.49. The minimum atomic E-state index is -1.30. The Labute approximate surface area is 239 Å². The molecule has 2 fully saturated rings. The fraction of sp³-hybridized carbons (Fsp3) is 0.364. The molecular weight excluding hydrogens is 518 g/mol. The van der Waals surface area contributed by atoms with Gasteiger partial charge in [0.25, 0.3) is 0 Å². The van der Waals surface area contributed by atoms with E-state index in [2.05, 4.69) is 39.8 Å². The molecule has 2 aliphatic carbocycles. The van der Waals surface area contributed by atoms with Gasteiger partial charge in [-0.25, -0.2) is 9.59 Å². The van der Waals surface area contributed by atoms with Crippen molar-refractivity contribution in [1.82, 2.24) is 15.5 Å². The smallest absolute Gasteiger partial charge is 0.408 e. The van der Waals surface area contributed by atoms with Gasteiger partial charge in [-0.15, -0.1) is 0 Å². The minimum absolute atomic E-state index is 0.0928. The Morgan fingerprint density at radius 2 is 1.56 bits per heavy atom. The third-order valence-electron chi connectivity index (χ3n) is 8.89. The average Bonchev–Trinajstić information content (AvgIpc) is 3.50. The van der Waals surface area contributed by atoms with Gasteiger partial charge in [-0.1, -0.05) is 85.3 Å². The number of ether oxygens (including phenoxy) is 1. The number of carboxylic acids is 1. The monoisotopic (exact) mass is 553 g/mol. The summed E-state index contributed by atoms with van der Waals surface area (Å²) in [5.41, 5.74) is 4.28. The zero-order valence-electron chi connectivity index (χ0n) is 22.9. The summed E-state index contributed by atoms with van der Waals surface area (Å²) in [5, 5.41) is 15.5. The molecule has 3 N–H and O–H groups in total. The van der Waals surface area contributed by atoms with E-state index >= 15 is 0 Å². The number of alkyl carbamates (subject to hydrolysis) is 1. The molecule has 3 aliphatic rings. The summed E-state index contributed by atoms with van der Waals surface area (Å²) >= 11 is 0. The van der Waals surface area contributed by atoms with Crippen LogP contribution in [0.5, 0.6) is 0 Å². The lowest BCUT2D eigenvalue weighted by Gasteiger charge is -2.35. The highest BCUT2D eigenvalue weighted by atomic mass is 16.5. The Balaban J connectivity index is 1.18. The predicted molar refractivity (Wildman–Crippen MR) is 154 cm³/mol. The summed E-state index contributed by atoms with van der Waals surface area (Å²) in [6.07, 6.45) is 2.17. The summed E-state index contributed by atoms with van der Waals surface area (Å²) < 4.78 is 5.80. The first-order valence-corrected chi connectivity index (χ1v) is 14.4. The molecule has 6 rings (SSSR count). The molecule has 1 heterocycles. The highest BCUT2D eigenvalue weighted by Crippen LogP contribution is 2.44. The van der Waals surface area contributed by atoms with Gasteiger partial charge in [0.05, 0.1) is 0 Å². The number of carboxylic acid groups (broad SMARTS) is 1. The lowest BCUT2D eigenvalue weighted by molar-refractivity contribution is -0.145. The SMILES string of the molecule is O=C(NC1(C(=O)NC(C(=O)O)C2CCC2)CCN(Cc2ccccc2)C1)OCC1c2ccccc2-c2ccccc21. The largest absolute Gasteiger partial charge is 0.480 e. The molecule has 3 aromatic rings. The Hall–Kier alpha value is -4.17. The number of hydrogen-bond acceptors (Lipinski definition) is 5. The Bertz CT molecular complexity index is 1390. The van der Waals surface area contributed by atoms with E-state index in [0.717, 1.165) is 47.1 Å². The second-order valence-corrected chi connectivity index (χ2v) is 11.5. The minimum Gasteiger partial charge on any atom is -0.480 e. The average molecular weight is 554 g/mol. The van der Waals surface area contributed by atoms with Crippen molar-refractivity contribution < 1.29 is 24.2 Å². The number of rotatable bonds is 9. The Morgan fingerprint density at radius 1 is 0.927 bits per heavy atom. The van der Waals surface area contributed by atoms with Crippen LogP contribution in [0.3, 0.4) is 0 Å². The number of likely N-dealkylation sites (tertiary alicyclic amines) is 1. The topological polar surface area (TPSA) is 108 Å². The standard InChI is InChI=1S/C33H35N3O5/c37-30(38)29(23-11-8-12-23)34-31(39)33(17-18-36(21-33)19-22-9-2-1-3-10-22)35-32(40)41-20-28-26-15-6-4-13-24(26)25-14-5-7-16-27(25)28/h1-7,9-10,13-16,23,28-29H,8,11-12,17-21H2,(H,34,39)(H,35,40)(H,37,38). The van der Waals surface area contributed by atoms with Gasteiger partial charge in [-0.3, -0.25) is 9.69 Å². The molecule has 0 aromatic heterocycles. The molecule has 2 amide bonds. The van der Waals surface area contributed by atoms with Crippen LogP contribution in [0.15, 0.2) is 78.9 Å². The van der Waals surface area contributed by atoms with Crippen LogP contribution in [0, 0.1) is 5.92 Å². The molecular formula is C33H35N3O5. The third kappa shape index (κ3) is 5.44. The zero-order chi connectivity index (χ0) is 28.4. The van der Waals surface area contributed by atoms with Crippen LogP contribution in [0.25, 0.3) is 11.1 Å². The van der Waals surface area contributed by atoms with Gasteiger partial charge in [0.2, 0.25) is 5.91 Å². The zero-order valence-corrected chi connectivity index (χ0v) is 22.9. The van der Waals surface area contributed by atoms with Gasteiger partial charge in [-0.05, 0) is 53.0 Å². The molecule has 8 nitrogen and oxygen atoms in total. The predicted octanol–water partition coefficient (Wildman–Crippen LogP) is 4.54. The lowest BCUT2D eigenvalue weighted by atomic mass is 9.79. The molecule has 2 atom stereocenters. The van der Waals surface area contributed by atoms with Gasteiger partial charge in [-0.2, -0.15) is 0 Å². The number of benzene rings is 3. The highest BCUT2D eigenvalue weighted by Gasteiger charge is 2.48. The van der Waals surface area contributed by atoms with Crippen LogP contribution < -0.4 is 10.6 Å². The van der Waals surface area contributed by atoms with Crippen LogP contribution in [-0.4, -0.2) is 59.3 Å². The molecule has 8 heteroatoms. The highest BCUT2D eigenvalue weighted by molar-refractivity contribution is 5.93. The summed E-state index contributed by atoms with van der Waals surface area (Å²) in [6, 6.07) is 25.2. The number of carbonyl (C=O) groups excluding carboxylic acids is 2. The van der Waals surface area contributed by atoms with Crippen LogP contribution in [-0.2, 0) is 20.9 Å².